The van der Waals surface area contributed by atoms with Crippen LogP contribution in [0.25, 0.3) is 0 Å². The third-order valence-electron chi connectivity index (χ3n) is 3.47. The summed E-state index contributed by atoms with van der Waals surface area (Å²) in [6, 6.07) is 2.12. The molecule has 0 spiro atoms. The summed E-state index contributed by atoms with van der Waals surface area (Å²) in [5.41, 5.74) is 1.09. The van der Waals surface area contributed by atoms with Gasteiger partial charge in [0.1, 0.15) is 11.6 Å². The van der Waals surface area contributed by atoms with Crippen molar-refractivity contribution >= 4 is 5.82 Å². The minimum absolute atomic E-state index is 0.865. The van der Waals surface area contributed by atoms with Gasteiger partial charge in [-0.15, -0.1) is 0 Å². The predicted molar refractivity (Wildman–Crippen MR) is 71.4 cm³/mol. The van der Waals surface area contributed by atoms with Crippen molar-refractivity contribution in [1.82, 2.24) is 9.97 Å². The number of hydrogen-bond acceptors (Lipinski definition) is 3. The first kappa shape index (κ1) is 12.3. The Hall–Kier alpha value is -1.12. The molecule has 0 radical (unpaired) electrons. The number of nitrogens with zero attached hydrogens (tertiary/aromatic N) is 3. The highest BCUT2D eigenvalue weighted by atomic mass is 15.2. The molecule has 1 fully saturated rings. The summed E-state index contributed by atoms with van der Waals surface area (Å²) in [5.74, 6) is 3.00. The molecule has 3 nitrogen and oxygen atoms in total. The molecule has 17 heavy (non-hydrogen) atoms. The largest absolute Gasteiger partial charge is 0.356 e. The minimum atomic E-state index is 0.865. The summed E-state index contributed by atoms with van der Waals surface area (Å²) in [7, 11) is 0. The molecule has 1 aliphatic heterocycles. The second kappa shape index (κ2) is 5.48. The van der Waals surface area contributed by atoms with Crippen molar-refractivity contribution in [3.05, 3.63) is 17.6 Å². The molecule has 3 heteroatoms. The van der Waals surface area contributed by atoms with Gasteiger partial charge in [0.15, 0.2) is 0 Å². The van der Waals surface area contributed by atoms with E-state index in [9.17, 15) is 0 Å². The van der Waals surface area contributed by atoms with Gasteiger partial charge in [0.2, 0.25) is 0 Å². The van der Waals surface area contributed by atoms with Gasteiger partial charge in [0.05, 0.1) is 0 Å². The van der Waals surface area contributed by atoms with E-state index in [0.29, 0.717) is 0 Å². The Balaban J connectivity index is 2.14. The maximum atomic E-state index is 4.69. The normalized spacial score (nSPS) is 17.5. The zero-order chi connectivity index (χ0) is 12.3. The second-order valence-electron chi connectivity index (χ2n) is 5.20. The molecule has 1 aromatic rings. The van der Waals surface area contributed by atoms with E-state index in [4.69, 9.17) is 0 Å². The second-order valence-corrected chi connectivity index (χ2v) is 5.20. The average Bonchev–Trinajstić information content (AvgIpc) is 2.29. The van der Waals surface area contributed by atoms with Gasteiger partial charge in [-0.05, 0) is 32.1 Å². The van der Waals surface area contributed by atoms with Crippen molar-refractivity contribution in [2.75, 3.05) is 18.0 Å². The first-order chi connectivity index (χ1) is 8.19. The van der Waals surface area contributed by atoms with Crippen LogP contribution in [-0.4, -0.2) is 23.1 Å². The Labute approximate surface area is 104 Å². The number of rotatable bonds is 3. The number of aryl methyl sites for hydroxylation is 2. The molecule has 1 aromatic heterocycles. The van der Waals surface area contributed by atoms with E-state index < -0.39 is 0 Å². The molecular weight excluding hydrogens is 210 g/mol. The molecule has 0 amide bonds. The van der Waals surface area contributed by atoms with Crippen LogP contribution in [0.15, 0.2) is 6.07 Å². The summed E-state index contributed by atoms with van der Waals surface area (Å²) in [6.07, 6.45) is 4.66. The lowest BCUT2D eigenvalue weighted by Gasteiger charge is -2.31. The standard InChI is InChI=1S/C14H23N3/c1-4-5-13-15-12(3)10-14(16-13)17-8-6-11(2)7-9-17/h10-11H,4-9H2,1-3H3. The molecule has 0 saturated carbocycles. The Morgan fingerprint density at radius 2 is 2.00 bits per heavy atom. The first-order valence-corrected chi connectivity index (χ1v) is 6.78. The Morgan fingerprint density at radius 1 is 1.29 bits per heavy atom. The van der Waals surface area contributed by atoms with E-state index in [0.717, 1.165) is 49.2 Å². The highest BCUT2D eigenvalue weighted by molar-refractivity contribution is 5.40. The summed E-state index contributed by atoms with van der Waals surface area (Å²) < 4.78 is 0. The van der Waals surface area contributed by atoms with Gasteiger partial charge in [-0.2, -0.15) is 0 Å². The van der Waals surface area contributed by atoms with Crippen LogP contribution in [0.3, 0.4) is 0 Å². The summed E-state index contributed by atoms with van der Waals surface area (Å²) in [5, 5.41) is 0. The molecule has 1 saturated heterocycles. The fourth-order valence-corrected chi connectivity index (χ4v) is 2.35. The highest BCUT2D eigenvalue weighted by Crippen LogP contribution is 2.21. The fourth-order valence-electron chi connectivity index (χ4n) is 2.35. The molecule has 0 bridgehead atoms. The maximum Gasteiger partial charge on any atom is 0.132 e. The SMILES string of the molecule is CCCc1nc(C)cc(N2CCC(C)CC2)n1. The third-order valence-corrected chi connectivity index (χ3v) is 3.47. The lowest BCUT2D eigenvalue weighted by molar-refractivity contribution is 0.436. The van der Waals surface area contributed by atoms with Gasteiger partial charge >= 0.3 is 0 Å². The Bertz CT molecular complexity index is 368. The van der Waals surface area contributed by atoms with Crippen LogP contribution in [0, 0.1) is 12.8 Å². The molecule has 0 unspecified atom stereocenters. The van der Waals surface area contributed by atoms with E-state index >= 15 is 0 Å². The topological polar surface area (TPSA) is 29.0 Å². The molecule has 2 rings (SSSR count). The van der Waals surface area contributed by atoms with Gasteiger partial charge < -0.3 is 4.90 Å². The first-order valence-electron chi connectivity index (χ1n) is 6.78. The highest BCUT2D eigenvalue weighted by Gasteiger charge is 2.17. The van der Waals surface area contributed by atoms with E-state index in [2.05, 4.69) is 41.7 Å². The number of piperidine rings is 1. The monoisotopic (exact) mass is 233 g/mol. The van der Waals surface area contributed by atoms with Gasteiger partial charge in [0, 0.05) is 31.3 Å². The van der Waals surface area contributed by atoms with Crippen molar-refractivity contribution in [2.24, 2.45) is 5.92 Å². The molecule has 2 heterocycles. The van der Waals surface area contributed by atoms with Crippen LogP contribution in [0.5, 0.6) is 0 Å². The number of hydrogen-bond donors (Lipinski definition) is 0. The van der Waals surface area contributed by atoms with Crippen LogP contribution in [0.1, 0.15) is 44.6 Å². The van der Waals surface area contributed by atoms with E-state index in [1.165, 1.54) is 12.8 Å². The maximum absolute atomic E-state index is 4.69. The molecule has 0 atom stereocenters. The predicted octanol–water partition coefficient (Wildman–Crippen LogP) is 2.97. The van der Waals surface area contributed by atoms with E-state index in [1.807, 2.05) is 0 Å². The van der Waals surface area contributed by atoms with Crippen LogP contribution < -0.4 is 4.90 Å². The van der Waals surface area contributed by atoms with Gasteiger partial charge in [0.25, 0.3) is 0 Å². The molecule has 94 valence electrons. The van der Waals surface area contributed by atoms with Crippen LogP contribution in [0.4, 0.5) is 5.82 Å². The van der Waals surface area contributed by atoms with E-state index in [-0.39, 0.29) is 0 Å². The van der Waals surface area contributed by atoms with Crippen LogP contribution in [0.2, 0.25) is 0 Å². The summed E-state index contributed by atoms with van der Waals surface area (Å²) >= 11 is 0. The van der Waals surface area contributed by atoms with Crippen molar-refractivity contribution < 1.29 is 0 Å². The molecular formula is C14H23N3. The van der Waals surface area contributed by atoms with Crippen molar-refractivity contribution in [1.29, 1.82) is 0 Å². The van der Waals surface area contributed by atoms with Crippen LogP contribution in [-0.2, 0) is 6.42 Å². The van der Waals surface area contributed by atoms with Gasteiger partial charge in [-0.3, -0.25) is 0 Å². The van der Waals surface area contributed by atoms with Gasteiger partial charge in [-0.25, -0.2) is 9.97 Å². The molecule has 0 aliphatic carbocycles. The summed E-state index contributed by atoms with van der Waals surface area (Å²) in [6.45, 7) is 8.86. The van der Waals surface area contributed by atoms with Gasteiger partial charge in [-0.1, -0.05) is 13.8 Å². The Kier molecular flexibility index (Phi) is 3.97. The Morgan fingerprint density at radius 3 is 2.65 bits per heavy atom. The molecule has 0 aromatic carbocycles. The lowest BCUT2D eigenvalue weighted by Crippen LogP contribution is -2.33. The molecule has 0 N–H and O–H groups in total. The quantitative estimate of drug-likeness (QED) is 0.803. The van der Waals surface area contributed by atoms with Crippen molar-refractivity contribution in [3.8, 4) is 0 Å². The van der Waals surface area contributed by atoms with Crippen molar-refractivity contribution in [2.45, 2.75) is 46.5 Å². The fraction of sp³-hybridized carbons (Fsp3) is 0.714. The average molecular weight is 233 g/mol. The number of anilines is 1. The van der Waals surface area contributed by atoms with E-state index in [1.54, 1.807) is 0 Å². The minimum Gasteiger partial charge on any atom is -0.356 e. The zero-order valence-electron chi connectivity index (χ0n) is 11.2. The van der Waals surface area contributed by atoms with Crippen LogP contribution >= 0.6 is 0 Å². The zero-order valence-corrected chi connectivity index (χ0v) is 11.2. The molecule has 1 aliphatic rings. The third kappa shape index (κ3) is 3.18. The lowest BCUT2D eigenvalue weighted by atomic mass is 9.99. The summed E-state index contributed by atoms with van der Waals surface area (Å²) in [4.78, 5) is 11.6. The number of aromatic nitrogens is 2. The van der Waals surface area contributed by atoms with Crippen molar-refractivity contribution in [3.63, 3.8) is 0 Å². The smallest absolute Gasteiger partial charge is 0.132 e.